The van der Waals surface area contributed by atoms with Gasteiger partial charge in [-0.25, -0.2) is 4.79 Å². The van der Waals surface area contributed by atoms with Crippen LogP contribution in [-0.4, -0.2) is 25.5 Å². The van der Waals surface area contributed by atoms with Gasteiger partial charge in [-0.1, -0.05) is 68.4 Å². The SMILES string of the molecule is CNC(=O)NC(=O)[C@H](NCCc1ccc(C(C)C)cc1)c1ccccc1. The molecule has 0 radical (unpaired) electrons. The van der Waals surface area contributed by atoms with Gasteiger partial charge in [0.15, 0.2) is 0 Å². The summed E-state index contributed by atoms with van der Waals surface area (Å²) >= 11 is 0. The predicted molar refractivity (Wildman–Crippen MR) is 104 cm³/mol. The molecule has 0 heterocycles. The van der Waals surface area contributed by atoms with Gasteiger partial charge >= 0.3 is 6.03 Å². The highest BCUT2D eigenvalue weighted by atomic mass is 16.2. The van der Waals surface area contributed by atoms with Crippen LogP contribution in [0.2, 0.25) is 0 Å². The normalized spacial score (nSPS) is 11.8. The largest absolute Gasteiger partial charge is 0.341 e. The van der Waals surface area contributed by atoms with Crippen molar-refractivity contribution in [1.82, 2.24) is 16.0 Å². The Bertz CT molecular complexity index is 712. The number of amides is 3. The van der Waals surface area contributed by atoms with Crippen molar-refractivity contribution in [3.63, 3.8) is 0 Å². The van der Waals surface area contributed by atoms with Crippen LogP contribution in [0.15, 0.2) is 54.6 Å². The van der Waals surface area contributed by atoms with Gasteiger partial charge in [0, 0.05) is 13.6 Å². The Labute approximate surface area is 155 Å². The number of benzene rings is 2. The lowest BCUT2D eigenvalue weighted by Crippen LogP contribution is -2.44. The molecule has 0 saturated heterocycles. The van der Waals surface area contributed by atoms with Gasteiger partial charge in [-0.2, -0.15) is 0 Å². The van der Waals surface area contributed by atoms with Crippen molar-refractivity contribution in [3.05, 3.63) is 71.3 Å². The number of carbonyl (C=O) groups is 2. The fourth-order valence-corrected chi connectivity index (χ4v) is 2.68. The van der Waals surface area contributed by atoms with Crippen LogP contribution in [0, 0.1) is 0 Å². The quantitative estimate of drug-likeness (QED) is 0.716. The zero-order chi connectivity index (χ0) is 18.9. The molecule has 3 N–H and O–H groups in total. The van der Waals surface area contributed by atoms with E-state index in [4.69, 9.17) is 0 Å². The minimum atomic E-state index is -0.580. The first kappa shape index (κ1) is 19.7. The van der Waals surface area contributed by atoms with Crippen molar-refractivity contribution in [1.29, 1.82) is 0 Å². The average Bonchev–Trinajstić information content (AvgIpc) is 2.66. The third kappa shape index (κ3) is 5.70. The highest BCUT2D eigenvalue weighted by molar-refractivity contribution is 5.97. The highest BCUT2D eigenvalue weighted by Crippen LogP contribution is 2.16. The fourth-order valence-electron chi connectivity index (χ4n) is 2.68. The molecular formula is C21H27N3O2. The second kappa shape index (κ2) is 9.73. The minimum absolute atomic E-state index is 0.370. The Kier molecular flexibility index (Phi) is 7.36. The number of hydrogen-bond acceptors (Lipinski definition) is 3. The second-order valence-electron chi connectivity index (χ2n) is 6.51. The van der Waals surface area contributed by atoms with Crippen molar-refractivity contribution in [2.24, 2.45) is 0 Å². The van der Waals surface area contributed by atoms with Crippen molar-refractivity contribution in [2.75, 3.05) is 13.6 Å². The van der Waals surface area contributed by atoms with Crippen LogP contribution in [0.4, 0.5) is 4.79 Å². The van der Waals surface area contributed by atoms with Crippen molar-refractivity contribution in [3.8, 4) is 0 Å². The smallest absolute Gasteiger partial charge is 0.321 e. The molecule has 0 saturated carbocycles. The molecule has 0 spiro atoms. The summed E-state index contributed by atoms with van der Waals surface area (Å²) in [6, 6.07) is 16.8. The maximum atomic E-state index is 12.4. The van der Waals surface area contributed by atoms with Gasteiger partial charge in [-0.3, -0.25) is 10.1 Å². The summed E-state index contributed by atoms with van der Waals surface area (Å²) in [6.45, 7) is 4.97. The van der Waals surface area contributed by atoms with Crippen LogP contribution in [0.1, 0.15) is 42.5 Å². The lowest BCUT2D eigenvalue weighted by atomic mass is 10.0. The summed E-state index contributed by atoms with van der Waals surface area (Å²) in [5.41, 5.74) is 3.35. The first-order valence-corrected chi connectivity index (χ1v) is 8.91. The zero-order valence-electron chi connectivity index (χ0n) is 15.6. The van der Waals surface area contributed by atoms with Gasteiger partial charge in [0.25, 0.3) is 0 Å². The molecule has 0 aromatic heterocycles. The topological polar surface area (TPSA) is 70.2 Å². The molecule has 2 aromatic rings. The molecule has 0 fully saturated rings. The Balaban J connectivity index is 2.00. The molecule has 0 aliphatic heterocycles. The van der Waals surface area contributed by atoms with Crippen LogP contribution in [0.25, 0.3) is 0 Å². The second-order valence-corrected chi connectivity index (χ2v) is 6.51. The van der Waals surface area contributed by atoms with E-state index < -0.39 is 12.1 Å². The van der Waals surface area contributed by atoms with Crippen molar-refractivity contribution in [2.45, 2.75) is 32.2 Å². The molecule has 5 heteroatoms. The van der Waals surface area contributed by atoms with Crippen LogP contribution >= 0.6 is 0 Å². The lowest BCUT2D eigenvalue weighted by molar-refractivity contribution is -0.122. The third-order valence-corrected chi connectivity index (χ3v) is 4.27. The van der Waals surface area contributed by atoms with E-state index in [9.17, 15) is 9.59 Å². The van der Waals surface area contributed by atoms with Gasteiger partial charge < -0.3 is 10.6 Å². The summed E-state index contributed by atoms with van der Waals surface area (Å²) < 4.78 is 0. The Morgan fingerprint density at radius 3 is 2.15 bits per heavy atom. The Morgan fingerprint density at radius 2 is 1.58 bits per heavy atom. The lowest BCUT2D eigenvalue weighted by Gasteiger charge is -2.18. The predicted octanol–water partition coefficient (Wildman–Crippen LogP) is 3.14. The van der Waals surface area contributed by atoms with Gasteiger partial charge in [0.1, 0.15) is 6.04 Å². The first-order chi connectivity index (χ1) is 12.5. The third-order valence-electron chi connectivity index (χ3n) is 4.27. The molecule has 0 aliphatic carbocycles. The summed E-state index contributed by atoms with van der Waals surface area (Å²) in [4.78, 5) is 23.9. The summed E-state index contributed by atoms with van der Waals surface area (Å²) in [5, 5.41) is 8.00. The molecule has 2 aromatic carbocycles. The zero-order valence-corrected chi connectivity index (χ0v) is 15.6. The molecule has 0 bridgehead atoms. The number of rotatable bonds is 7. The van der Waals surface area contributed by atoms with Crippen molar-refractivity contribution < 1.29 is 9.59 Å². The van der Waals surface area contributed by atoms with E-state index in [1.165, 1.54) is 18.2 Å². The molecule has 26 heavy (non-hydrogen) atoms. The molecule has 1 atom stereocenters. The molecule has 3 amide bonds. The highest BCUT2D eigenvalue weighted by Gasteiger charge is 2.21. The van der Waals surface area contributed by atoms with Crippen LogP contribution in [-0.2, 0) is 11.2 Å². The monoisotopic (exact) mass is 353 g/mol. The van der Waals surface area contributed by atoms with E-state index in [2.05, 4.69) is 54.1 Å². The average molecular weight is 353 g/mol. The van der Waals surface area contributed by atoms with E-state index in [0.29, 0.717) is 12.5 Å². The van der Waals surface area contributed by atoms with Crippen molar-refractivity contribution >= 4 is 11.9 Å². The first-order valence-electron chi connectivity index (χ1n) is 8.91. The summed E-state index contributed by atoms with van der Waals surface area (Å²) in [7, 11) is 1.48. The summed E-state index contributed by atoms with van der Waals surface area (Å²) in [5.74, 6) is 0.142. The number of imide groups is 1. The van der Waals surface area contributed by atoms with Gasteiger partial charge in [-0.05, 0) is 29.0 Å². The molecule has 5 nitrogen and oxygen atoms in total. The van der Waals surface area contributed by atoms with Gasteiger partial charge in [0.2, 0.25) is 5.91 Å². The molecular weight excluding hydrogens is 326 g/mol. The Hall–Kier alpha value is -2.66. The van der Waals surface area contributed by atoms with Gasteiger partial charge in [0.05, 0.1) is 0 Å². The van der Waals surface area contributed by atoms with Crippen LogP contribution in [0.5, 0.6) is 0 Å². The standard InChI is InChI=1S/C21H27N3O2/c1-15(2)17-11-9-16(10-12-17)13-14-23-19(18-7-5-4-6-8-18)20(25)24-21(26)22-3/h4-12,15,19,23H,13-14H2,1-3H3,(H2,22,24,25,26)/t19-/m1/s1. The molecule has 0 aliphatic rings. The maximum Gasteiger partial charge on any atom is 0.321 e. The number of carbonyl (C=O) groups excluding carboxylic acids is 2. The molecule has 0 unspecified atom stereocenters. The molecule has 138 valence electrons. The van der Waals surface area contributed by atoms with Crippen LogP contribution in [0.3, 0.4) is 0 Å². The van der Waals surface area contributed by atoms with E-state index in [0.717, 1.165) is 12.0 Å². The Morgan fingerprint density at radius 1 is 0.923 bits per heavy atom. The summed E-state index contributed by atoms with van der Waals surface area (Å²) in [6.07, 6.45) is 0.801. The number of hydrogen-bond donors (Lipinski definition) is 3. The van der Waals surface area contributed by atoms with Crippen LogP contribution < -0.4 is 16.0 Å². The number of urea groups is 1. The minimum Gasteiger partial charge on any atom is -0.341 e. The fraction of sp³-hybridized carbons (Fsp3) is 0.333. The van der Waals surface area contributed by atoms with E-state index in [1.54, 1.807) is 0 Å². The van der Waals surface area contributed by atoms with E-state index >= 15 is 0 Å². The maximum absolute atomic E-state index is 12.4. The number of nitrogens with one attached hydrogen (secondary N) is 3. The van der Waals surface area contributed by atoms with E-state index in [1.807, 2.05) is 30.3 Å². The molecule has 2 rings (SSSR count). The van der Waals surface area contributed by atoms with E-state index in [-0.39, 0.29) is 5.91 Å². The van der Waals surface area contributed by atoms with Gasteiger partial charge in [-0.15, -0.1) is 0 Å².